The van der Waals surface area contributed by atoms with Crippen LogP contribution in [-0.2, 0) is 4.79 Å². The lowest BCUT2D eigenvalue weighted by Crippen LogP contribution is -2.56. The standard InChI is InChI=1S/C11H22N2O2/c1-4-13-9(2)7-12(3)8-10(13)5-6-11(14)15/h9-10H,4-8H2,1-3H3,(H,14,15). The molecule has 1 saturated heterocycles. The number of likely N-dealkylation sites (N-methyl/N-ethyl adjacent to an activating group) is 2. The highest BCUT2D eigenvalue weighted by atomic mass is 16.4. The topological polar surface area (TPSA) is 43.8 Å². The Morgan fingerprint density at radius 3 is 2.67 bits per heavy atom. The van der Waals surface area contributed by atoms with Gasteiger partial charge in [0.15, 0.2) is 0 Å². The van der Waals surface area contributed by atoms with Crippen LogP contribution in [0.1, 0.15) is 26.7 Å². The molecule has 2 atom stereocenters. The fourth-order valence-corrected chi connectivity index (χ4v) is 2.57. The lowest BCUT2D eigenvalue weighted by Gasteiger charge is -2.44. The van der Waals surface area contributed by atoms with E-state index in [1.165, 1.54) is 0 Å². The van der Waals surface area contributed by atoms with Crippen LogP contribution in [0.4, 0.5) is 0 Å². The third-order valence-electron chi connectivity index (χ3n) is 3.19. The minimum Gasteiger partial charge on any atom is -0.481 e. The minimum absolute atomic E-state index is 0.279. The third kappa shape index (κ3) is 3.47. The van der Waals surface area contributed by atoms with Crippen LogP contribution in [0.2, 0.25) is 0 Å². The minimum atomic E-state index is -0.688. The number of hydrogen-bond donors (Lipinski definition) is 1. The molecule has 0 saturated carbocycles. The molecule has 0 amide bonds. The molecule has 4 heteroatoms. The summed E-state index contributed by atoms with van der Waals surface area (Å²) < 4.78 is 0. The fraction of sp³-hybridized carbons (Fsp3) is 0.909. The predicted molar refractivity (Wildman–Crippen MR) is 60.0 cm³/mol. The SMILES string of the molecule is CCN1C(C)CN(C)CC1CCC(=O)O. The first-order valence-electron chi connectivity index (χ1n) is 5.70. The number of piperazine rings is 1. The van der Waals surface area contributed by atoms with E-state index in [4.69, 9.17) is 5.11 Å². The van der Waals surface area contributed by atoms with E-state index in [1.54, 1.807) is 0 Å². The molecule has 1 rings (SSSR count). The van der Waals surface area contributed by atoms with Crippen molar-refractivity contribution >= 4 is 5.97 Å². The van der Waals surface area contributed by atoms with E-state index in [2.05, 4.69) is 30.7 Å². The van der Waals surface area contributed by atoms with Crippen molar-refractivity contribution in [3.63, 3.8) is 0 Å². The number of carboxylic acid groups (broad SMARTS) is 1. The normalized spacial score (nSPS) is 29.3. The van der Waals surface area contributed by atoms with Gasteiger partial charge in [-0.3, -0.25) is 9.69 Å². The van der Waals surface area contributed by atoms with E-state index in [-0.39, 0.29) is 6.42 Å². The number of hydrogen-bond acceptors (Lipinski definition) is 3. The zero-order chi connectivity index (χ0) is 11.4. The fourth-order valence-electron chi connectivity index (χ4n) is 2.57. The van der Waals surface area contributed by atoms with Crippen LogP contribution in [0, 0.1) is 0 Å². The van der Waals surface area contributed by atoms with E-state index in [9.17, 15) is 4.79 Å². The second-order valence-electron chi connectivity index (χ2n) is 4.49. The molecule has 1 fully saturated rings. The molecule has 0 aromatic heterocycles. The monoisotopic (exact) mass is 214 g/mol. The second-order valence-corrected chi connectivity index (χ2v) is 4.49. The molecule has 1 aliphatic rings. The highest BCUT2D eigenvalue weighted by Crippen LogP contribution is 2.17. The van der Waals surface area contributed by atoms with Gasteiger partial charge in [0.2, 0.25) is 0 Å². The van der Waals surface area contributed by atoms with E-state index in [1.807, 2.05) is 0 Å². The Morgan fingerprint density at radius 1 is 1.47 bits per heavy atom. The zero-order valence-corrected chi connectivity index (χ0v) is 9.94. The summed E-state index contributed by atoms with van der Waals surface area (Å²) >= 11 is 0. The van der Waals surface area contributed by atoms with Crippen LogP contribution in [0.5, 0.6) is 0 Å². The summed E-state index contributed by atoms with van der Waals surface area (Å²) in [6, 6.07) is 0.937. The molecule has 88 valence electrons. The van der Waals surface area contributed by atoms with Crippen LogP contribution in [0.3, 0.4) is 0 Å². The Labute approximate surface area is 91.9 Å². The average Bonchev–Trinajstić information content (AvgIpc) is 2.13. The Hall–Kier alpha value is -0.610. The number of carbonyl (C=O) groups is 1. The summed E-state index contributed by atoms with van der Waals surface area (Å²) in [5.74, 6) is -0.688. The number of rotatable bonds is 4. The maximum Gasteiger partial charge on any atom is 0.303 e. The van der Waals surface area contributed by atoms with Crippen LogP contribution >= 0.6 is 0 Å². The van der Waals surface area contributed by atoms with E-state index >= 15 is 0 Å². The molecule has 0 spiro atoms. The van der Waals surface area contributed by atoms with Gasteiger partial charge in [0.05, 0.1) is 0 Å². The molecule has 1 aliphatic heterocycles. The van der Waals surface area contributed by atoms with Crippen molar-refractivity contribution in [2.24, 2.45) is 0 Å². The van der Waals surface area contributed by atoms with Crippen molar-refractivity contribution in [1.82, 2.24) is 9.80 Å². The van der Waals surface area contributed by atoms with Crippen LogP contribution < -0.4 is 0 Å². The first-order chi connectivity index (χ1) is 7.04. The summed E-state index contributed by atoms with van der Waals surface area (Å²) in [6.45, 7) is 7.45. The highest BCUT2D eigenvalue weighted by Gasteiger charge is 2.29. The maximum absolute atomic E-state index is 10.6. The molecule has 15 heavy (non-hydrogen) atoms. The number of nitrogens with zero attached hydrogens (tertiary/aromatic N) is 2. The van der Waals surface area contributed by atoms with Gasteiger partial charge in [-0.15, -0.1) is 0 Å². The first-order valence-corrected chi connectivity index (χ1v) is 5.70. The van der Waals surface area contributed by atoms with Crippen molar-refractivity contribution in [2.75, 3.05) is 26.7 Å². The maximum atomic E-state index is 10.6. The Balaban J connectivity index is 2.53. The Morgan fingerprint density at radius 2 is 2.13 bits per heavy atom. The highest BCUT2D eigenvalue weighted by molar-refractivity contribution is 5.66. The third-order valence-corrected chi connectivity index (χ3v) is 3.19. The van der Waals surface area contributed by atoms with Gasteiger partial charge in [-0.2, -0.15) is 0 Å². The van der Waals surface area contributed by atoms with E-state index in [0.29, 0.717) is 12.1 Å². The van der Waals surface area contributed by atoms with Crippen molar-refractivity contribution in [2.45, 2.75) is 38.8 Å². The van der Waals surface area contributed by atoms with Gasteiger partial charge in [-0.25, -0.2) is 0 Å². The van der Waals surface area contributed by atoms with Gasteiger partial charge in [0.1, 0.15) is 0 Å². The molecule has 0 aromatic rings. The van der Waals surface area contributed by atoms with Gasteiger partial charge in [0.25, 0.3) is 0 Å². The van der Waals surface area contributed by atoms with Gasteiger partial charge < -0.3 is 10.0 Å². The Kier molecular flexibility index (Phi) is 4.54. The molecule has 0 aromatic carbocycles. The Bertz CT molecular complexity index is 221. The van der Waals surface area contributed by atoms with Gasteiger partial charge in [0, 0.05) is 31.6 Å². The van der Waals surface area contributed by atoms with Gasteiger partial charge in [-0.05, 0) is 26.9 Å². The summed E-state index contributed by atoms with van der Waals surface area (Å²) in [7, 11) is 2.11. The molecule has 2 unspecified atom stereocenters. The molecule has 1 N–H and O–H groups in total. The lowest BCUT2D eigenvalue weighted by atomic mass is 10.0. The second kappa shape index (κ2) is 5.47. The van der Waals surface area contributed by atoms with Crippen LogP contribution in [0.15, 0.2) is 0 Å². The quantitative estimate of drug-likeness (QED) is 0.754. The van der Waals surface area contributed by atoms with Crippen molar-refractivity contribution in [3.05, 3.63) is 0 Å². The van der Waals surface area contributed by atoms with Crippen molar-refractivity contribution in [1.29, 1.82) is 0 Å². The molecule has 0 bridgehead atoms. The van der Waals surface area contributed by atoms with Gasteiger partial charge >= 0.3 is 5.97 Å². The van der Waals surface area contributed by atoms with Gasteiger partial charge in [-0.1, -0.05) is 6.92 Å². The van der Waals surface area contributed by atoms with E-state index in [0.717, 1.165) is 26.1 Å². The first kappa shape index (κ1) is 12.5. The summed E-state index contributed by atoms with van der Waals surface area (Å²) in [4.78, 5) is 15.3. The number of aliphatic carboxylic acids is 1. The molecule has 0 radical (unpaired) electrons. The predicted octanol–water partition coefficient (Wildman–Crippen LogP) is 0.876. The van der Waals surface area contributed by atoms with Crippen LogP contribution in [0.25, 0.3) is 0 Å². The van der Waals surface area contributed by atoms with Crippen LogP contribution in [-0.4, -0.2) is 59.6 Å². The molecule has 0 aliphatic carbocycles. The number of carboxylic acids is 1. The summed E-state index contributed by atoms with van der Waals surface area (Å²) in [5.41, 5.74) is 0. The van der Waals surface area contributed by atoms with E-state index < -0.39 is 5.97 Å². The van der Waals surface area contributed by atoms with Crippen molar-refractivity contribution in [3.8, 4) is 0 Å². The molecular weight excluding hydrogens is 192 g/mol. The molecule has 1 heterocycles. The zero-order valence-electron chi connectivity index (χ0n) is 9.94. The largest absolute Gasteiger partial charge is 0.481 e. The average molecular weight is 214 g/mol. The lowest BCUT2D eigenvalue weighted by molar-refractivity contribution is -0.137. The smallest absolute Gasteiger partial charge is 0.303 e. The summed E-state index contributed by atoms with van der Waals surface area (Å²) in [6.07, 6.45) is 1.04. The molecule has 4 nitrogen and oxygen atoms in total. The van der Waals surface area contributed by atoms with Crippen molar-refractivity contribution < 1.29 is 9.90 Å². The molecular formula is C11H22N2O2. The summed E-state index contributed by atoms with van der Waals surface area (Å²) in [5, 5.41) is 8.70.